The Kier molecular flexibility index (Phi) is 4.50. The summed E-state index contributed by atoms with van der Waals surface area (Å²) in [4.78, 5) is 0. The Balaban J connectivity index is 2.34. The molecule has 0 bridgehead atoms. The lowest BCUT2D eigenvalue weighted by Crippen LogP contribution is -2.19. The van der Waals surface area contributed by atoms with E-state index in [0.717, 1.165) is 17.3 Å². The normalized spacial score (nSPS) is 13.8. The van der Waals surface area contributed by atoms with Crippen LogP contribution in [0.1, 0.15) is 19.4 Å². The monoisotopic (exact) mass is 294 g/mol. The van der Waals surface area contributed by atoms with E-state index < -0.39 is 9.84 Å². The molecule has 0 saturated heterocycles. The first-order chi connectivity index (χ1) is 9.43. The van der Waals surface area contributed by atoms with Crippen LogP contribution >= 0.6 is 0 Å². The zero-order valence-electron chi connectivity index (χ0n) is 12.0. The number of para-hydroxylation sites is 1. The fourth-order valence-corrected chi connectivity index (χ4v) is 3.18. The van der Waals surface area contributed by atoms with Crippen LogP contribution in [0.2, 0.25) is 0 Å². The molecule has 20 heavy (non-hydrogen) atoms. The number of nitrogens with two attached hydrogens (primary N) is 1. The van der Waals surface area contributed by atoms with Crippen molar-refractivity contribution >= 4 is 20.7 Å². The summed E-state index contributed by atoms with van der Waals surface area (Å²) < 4.78 is 25.3. The molecule has 0 aliphatic rings. The van der Waals surface area contributed by atoms with E-state index in [1.165, 1.54) is 5.56 Å². The average molecular weight is 294 g/mol. The minimum atomic E-state index is -2.95. The maximum Gasteiger partial charge on any atom is 0.151 e. The summed E-state index contributed by atoms with van der Waals surface area (Å²) in [6.45, 7) is 4.16. The summed E-state index contributed by atoms with van der Waals surface area (Å²) >= 11 is 0. The van der Waals surface area contributed by atoms with E-state index in [4.69, 9.17) is 5.73 Å². The third-order valence-electron chi connectivity index (χ3n) is 3.50. The van der Waals surface area contributed by atoms with Gasteiger partial charge >= 0.3 is 0 Å². The van der Waals surface area contributed by atoms with Gasteiger partial charge in [0.25, 0.3) is 0 Å². The van der Waals surface area contributed by atoms with Gasteiger partial charge in [-0.3, -0.25) is 0 Å². The largest absolute Gasteiger partial charge is 0.346 e. The van der Waals surface area contributed by atoms with Gasteiger partial charge in [-0.1, -0.05) is 25.1 Å². The van der Waals surface area contributed by atoms with Crippen LogP contribution in [0.3, 0.4) is 0 Å². The Morgan fingerprint density at radius 1 is 1.30 bits per heavy atom. The summed E-state index contributed by atoms with van der Waals surface area (Å²) in [5.74, 6) is 0.374. The van der Waals surface area contributed by atoms with E-state index in [9.17, 15) is 8.42 Å². The van der Waals surface area contributed by atoms with E-state index in [2.05, 4.69) is 6.07 Å². The summed E-state index contributed by atoms with van der Waals surface area (Å²) in [7, 11) is -2.95. The van der Waals surface area contributed by atoms with Crippen molar-refractivity contribution in [3.63, 3.8) is 0 Å². The Bertz CT molecular complexity index is 687. The lowest BCUT2D eigenvalue weighted by atomic mass is 10.0. The number of fused-ring (bicyclic) bond motifs is 1. The van der Waals surface area contributed by atoms with Gasteiger partial charge in [0.2, 0.25) is 0 Å². The van der Waals surface area contributed by atoms with Crippen molar-refractivity contribution < 1.29 is 8.42 Å². The van der Waals surface area contributed by atoms with Crippen LogP contribution in [0.5, 0.6) is 0 Å². The predicted octanol–water partition coefficient (Wildman–Crippen LogP) is 1.97. The van der Waals surface area contributed by atoms with Crippen molar-refractivity contribution in [3.05, 3.63) is 36.0 Å². The molecule has 0 aliphatic carbocycles. The van der Waals surface area contributed by atoms with Gasteiger partial charge in [-0.25, -0.2) is 8.42 Å². The summed E-state index contributed by atoms with van der Waals surface area (Å²) in [5.41, 5.74) is 8.18. The summed E-state index contributed by atoms with van der Waals surface area (Å²) in [6.07, 6.45) is 2.75. The minimum Gasteiger partial charge on any atom is -0.346 e. The number of hydrogen-bond donors (Lipinski definition) is 1. The molecule has 0 aliphatic heterocycles. The second-order valence-corrected chi connectivity index (χ2v) is 7.75. The summed E-state index contributed by atoms with van der Waals surface area (Å²) in [5, 5.41) is 1.14. The molecule has 2 rings (SSSR count). The number of benzene rings is 1. The number of rotatable bonds is 6. The van der Waals surface area contributed by atoms with Crippen molar-refractivity contribution in [2.45, 2.75) is 32.9 Å². The highest BCUT2D eigenvalue weighted by Gasteiger charge is 2.11. The SMILES string of the molecule is CCS(=O)(=O)CCn1ccc2cccc(CC(C)N)c21. The molecule has 1 heterocycles. The van der Waals surface area contributed by atoms with E-state index in [1.807, 2.05) is 35.9 Å². The maximum atomic E-state index is 11.7. The second kappa shape index (κ2) is 5.97. The molecule has 2 N–H and O–H groups in total. The molecule has 110 valence electrons. The Labute approximate surface area is 120 Å². The minimum absolute atomic E-state index is 0.0864. The average Bonchev–Trinajstić information content (AvgIpc) is 2.80. The van der Waals surface area contributed by atoms with Gasteiger partial charge in [0.15, 0.2) is 9.84 Å². The number of sulfone groups is 1. The first kappa shape index (κ1) is 15.1. The molecule has 0 radical (unpaired) electrons. The molecule has 1 aromatic heterocycles. The molecular formula is C15H22N2O2S. The lowest BCUT2D eigenvalue weighted by molar-refractivity contribution is 0.591. The molecule has 1 aromatic carbocycles. The van der Waals surface area contributed by atoms with Crippen LogP contribution in [0.25, 0.3) is 10.9 Å². The van der Waals surface area contributed by atoms with Crippen molar-refractivity contribution in [2.75, 3.05) is 11.5 Å². The molecule has 0 spiro atoms. The lowest BCUT2D eigenvalue weighted by Gasteiger charge is -2.11. The number of aromatic nitrogens is 1. The number of hydrogen-bond acceptors (Lipinski definition) is 3. The van der Waals surface area contributed by atoms with E-state index >= 15 is 0 Å². The van der Waals surface area contributed by atoms with Crippen molar-refractivity contribution in [3.8, 4) is 0 Å². The van der Waals surface area contributed by atoms with Crippen LogP contribution in [0, 0.1) is 0 Å². The van der Waals surface area contributed by atoms with Gasteiger partial charge in [-0.15, -0.1) is 0 Å². The van der Waals surface area contributed by atoms with Crippen LogP contribution < -0.4 is 5.73 Å². The number of nitrogens with zero attached hydrogens (tertiary/aromatic N) is 1. The van der Waals surface area contributed by atoms with Crippen LogP contribution in [0.4, 0.5) is 0 Å². The molecule has 5 heteroatoms. The Morgan fingerprint density at radius 3 is 2.70 bits per heavy atom. The highest BCUT2D eigenvalue weighted by molar-refractivity contribution is 7.91. The molecule has 0 fully saturated rings. The van der Waals surface area contributed by atoms with E-state index in [0.29, 0.717) is 6.54 Å². The van der Waals surface area contributed by atoms with Crippen molar-refractivity contribution in [1.82, 2.24) is 4.57 Å². The highest BCUT2D eigenvalue weighted by Crippen LogP contribution is 2.21. The smallest absolute Gasteiger partial charge is 0.151 e. The zero-order chi connectivity index (χ0) is 14.8. The predicted molar refractivity (Wildman–Crippen MR) is 83.6 cm³/mol. The van der Waals surface area contributed by atoms with Crippen LogP contribution in [-0.2, 0) is 22.8 Å². The highest BCUT2D eigenvalue weighted by atomic mass is 32.2. The van der Waals surface area contributed by atoms with Crippen LogP contribution in [0.15, 0.2) is 30.5 Å². The maximum absolute atomic E-state index is 11.7. The third kappa shape index (κ3) is 3.41. The van der Waals surface area contributed by atoms with Crippen molar-refractivity contribution in [2.24, 2.45) is 5.73 Å². The van der Waals surface area contributed by atoms with Crippen LogP contribution in [-0.4, -0.2) is 30.5 Å². The van der Waals surface area contributed by atoms with Gasteiger partial charge in [-0.05, 0) is 30.4 Å². The first-order valence-corrected chi connectivity index (χ1v) is 8.78. The Hall–Kier alpha value is -1.33. The van der Waals surface area contributed by atoms with Gasteiger partial charge < -0.3 is 10.3 Å². The Morgan fingerprint density at radius 2 is 2.05 bits per heavy atom. The fraction of sp³-hybridized carbons (Fsp3) is 0.467. The van der Waals surface area contributed by atoms with Gasteiger partial charge in [0, 0.05) is 24.5 Å². The molecule has 1 atom stereocenters. The standard InChI is InChI=1S/C15H22N2O2S/c1-3-20(18,19)10-9-17-8-7-13-5-4-6-14(15(13)17)11-12(2)16/h4-8,12H,3,9-11,16H2,1-2H3. The topological polar surface area (TPSA) is 65.1 Å². The van der Waals surface area contributed by atoms with Gasteiger partial charge in [0.1, 0.15) is 0 Å². The number of aryl methyl sites for hydroxylation is 1. The zero-order valence-corrected chi connectivity index (χ0v) is 12.9. The molecule has 0 amide bonds. The van der Waals surface area contributed by atoms with Gasteiger partial charge in [-0.2, -0.15) is 0 Å². The van der Waals surface area contributed by atoms with E-state index in [-0.39, 0.29) is 17.5 Å². The molecular weight excluding hydrogens is 272 g/mol. The molecule has 1 unspecified atom stereocenters. The summed E-state index contributed by atoms with van der Waals surface area (Å²) in [6, 6.07) is 8.25. The third-order valence-corrected chi connectivity index (χ3v) is 5.18. The first-order valence-electron chi connectivity index (χ1n) is 6.95. The van der Waals surface area contributed by atoms with Crippen molar-refractivity contribution in [1.29, 1.82) is 0 Å². The molecule has 0 saturated carbocycles. The second-order valence-electron chi connectivity index (χ2n) is 5.28. The van der Waals surface area contributed by atoms with Gasteiger partial charge in [0.05, 0.1) is 11.3 Å². The molecule has 4 nitrogen and oxygen atoms in total. The fourth-order valence-electron chi connectivity index (χ4n) is 2.42. The quantitative estimate of drug-likeness (QED) is 0.886. The van der Waals surface area contributed by atoms with E-state index in [1.54, 1.807) is 6.92 Å². The molecule has 2 aromatic rings.